The highest BCUT2D eigenvalue weighted by atomic mass is 32.2. The summed E-state index contributed by atoms with van der Waals surface area (Å²) in [5.74, 6) is 1.40. The lowest BCUT2D eigenvalue weighted by Gasteiger charge is -2.11. The van der Waals surface area contributed by atoms with Crippen LogP contribution in [0, 0.1) is 0 Å². The predicted octanol–water partition coefficient (Wildman–Crippen LogP) is 0.814. The van der Waals surface area contributed by atoms with Crippen molar-refractivity contribution in [3.05, 3.63) is 35.4 Å². The van der Waals surface area contributed by atoms with Gasteiger partial charge in [-0.1, -0.05) is 12.1 Å². The van der Waals surface area contributed by atoms with Gasteiger partial charge in [-0.2, -0.15) is 11.8 Å². The van der Waals surface area contributed by atoms with Crippen molar-refractivity contribution < 1.29 is 4.79 Å². The molecule has 0 radical (unpaired) electrons. The van der Waals surface area contributed by atoms with Crippen molar-refractivity contribution in [1.82, 2.24) is 10.6 Å². The monoisotopic (exact) mass is 280 g/mol. The predicted molar refractivity (Wildman–Crippen MR) is 81.5 cm³/mol. The van der Waals surface area contributed by atoms with Crippen LogP contribution < -0.4 is 16.4 Å². The Morgan fingerprint density at radius 1 is 1.32 bits per heavy atom. The second-order valence-electron chi connectivity index (χ2n) is 3.91. The lowest BCUT2D eigenvalue weighted by atomic mass is 10.1. The molecule has 1 rings (SSSR count). The van der Waals surface area contributed by atoms with Gasteiger partial charge in [0, 0.05) is 31.5 Å². The van der Waals surface area contributed by atoms with Crippen LogP contribution in [0.15, 0.2) is 29.3 Å². The molecule has 1 amide bonds. The van der Waals surface area contributed by atoms with E-state index in [-0.39, 0.29) is 0 Å². The molecular formula is C13H20N4OS. The van der Waals surface area contributed by atoms with Gasteiger partial charge in [0.15, 0.2) is 5.96 Å². The maximum atomic E-state index is 10.9. The Bertz CT molecular complexity index is 431. The summed E-state index contributed by atoms with van der Waals surface area (Å²) in [7, 11) is 1.74. The molecule has 4 N–H and O–H groups in total. The molecule has 0 spiro atoms. The molecule has 19 heavy (non-hydrogen) atoms. The number of thioether (sulfide) groups is 1. The molecule has 0 bridgehead atoms. The first-order valence-electron chi connectivity index (χ1n) is 5.99. The van der Waals surface area contributed by atoms with Crippen molar-refractivity contribution >= 4 is 23.6 Å². The number of carbonyl (C=O) groups excluding carboxylic acids is 1. The standard InChI is InChI=1S/C13H20N4OS/c1-15-13(16-7-8-19-2)17-9-10-3-5-11(6-4-10)12(14)18/h3-6H,7-9H2,1-2H3,(H2,14,18)(H2,15,16,17). The zero-order chi connectivity index (χ0) is 14.1. The van der Waals surface area contributed by atoms with Gasteiger partial charge in [-0.3, -0.25) is 9.79 Å². The lowest BCUT2D eigenvalue weighted by molar-refractivity contribution is 0.100. The molecule has 0 aliphatic heterocycles. The Kier molecular flexibility index (Phi) is 6.81. The number of hydrogen-bond acceptors (Lipinski definition) is 3. The Labute approximate surface area is 118 Å². The first kappa shape index (κ1) is 15.4. The van der Waals surface area contributed by atoms with E-state index in [2.05, 4.69) is 21.9 Å². The molecule has 0 atom stereocenters. The molecule has 1 aromatic carbocycles. The summed E-state index contributed by atoms with van der Waals surface area (Å²) < 4.78 is 0. The van der Waals surface area contributed by atoms with Crippen molar-refractivity contribution in [3.8, 4) is 0 Å². The van der Waals surface area contributed by atoms with Crippen molar-refractivity contribution in [1.29, 1.82) is 0 Å². The van der Waals surface area contributed by atoms with Gasteiger partial charge >= 0.3 is 0 Å². The van der Waals surface area contributed by atoms with Crippen LogP contribution in [0.2, 0.25) is 0 Å². The molecule has 104 valence electrons. The number of hydrogen-bond donors (Lipinski definition) is 3. The highest BCUT2D eigenvalue weighted by Gasteiger charge is 2.01. The van der Waals surface area contributed by atoms with E-state index >= 15 is 0 Å². The van der Waals surface area contributed by atoms with E-state index in [4.69, 9.17) is 5.73 Å². The minimum absolute atomic E-state index is 0.408. The number of nitrogens with two attached hydrogens (primary N) is 1. The minimum atomic E-state index is -0.408. The van der Waals surface area contributed by atoms with Crippen molar-refractivity contribution in [3.63, 3.8) is 0 Å². The van der Waals surface area contributed by atoms with Crippen LogP contribution in [-0.4, -0.2) is 37.5 Å². The quantitative estimate of drug-likeness (QED) is 0.409. The lowest BCUT2D eigenvalue weighted by Crippen LogP contribution is -2.37. The number of primary amides is 1. The molecule has 0 unspecified atom stereocenters. The molecule has 6 heteroatoms. The van der Waals surface area contributed by atoms with Crippen LogP contribution in [0.4, 0.5) is 0 Å². The normalized spacial score (nSPS) is 11.2. The summed E-state index contributed by atoms with van der Waals surface area (Å²) in [6.07, 6.45) is 2.07. The number of nitrogens with zero attached hydrogens (tertiary/aromatic N) is 1. The fourth-order valence-corrected chi connectivity index (χ4v) is 1.77. The maximum absolute atomic E-state index is 10.9. The van der Waals surface area contributed by atoms with Crippen LogP contribution in [0.25, 0.3) is 0 Å². The van der Waals surface area contributed by atoms with Gasteiger partial charge in [0.25, 0.3) is 0 Å². The topological polar surface area (TPSA) is 79.5 Å². The third-order valence-electron chi connectivity index (χ3n) is 2.52. The summed E-state index contributed by atoms with van der Waals surface area (Å²) in [5, 5.41) is 6.42. The Morgan fingerprint density at radius 3 is 2.53 bits per heavy atom. The SMILES string of the molecule is CN=C(NCCSC)NCc1ccc(C(N)=O)cc1. The van der Waals surface area contributed by atoms with Crippen LogP contribution in [-0.2, 0) is 6.54 Å². The van der Waals surface area contributed by atoms with Gasteiger partial charge in [-0.15, -0.1) is 0 Å². The Morgan fingerprint density at radius 2 is 2.00 bits per heavy atom. The van der Waals surface area contributed by atoms with E-state index in [9.17, 15) is 4.79 Å². The molecule has 0 aromatic heterocycles. The summed E-state index contributed by atoms with van der Waals surface area (Å²) in [4.78, 5) is 15.1. The van der Waals surface area contributed by atoms with Gasteiger partial charge in [0.2, 0.25) is 5.91 Å². The molecule has 0 saturated carbocycles. The van der Waals surface area contributed by atoms with Crippen molar-refractivity contribution in [2.24, 2.45) is 10.7 Å². The number of amides is 1. The first-order valence-corrected chi connectivity index (χ1v) is 7.39. The number of aliphatic imine (C=N–C) groups is 1. The second-order valence-corrected chi connectivity index (χ2v) is 4.89. The molecule has 5 nitrogen and oxygen atoms in total. The van der Waals surface area contributed by atoms with E-state index < -0.39 is 5.91 Å². The molecule has 0 fully saturated rings. The van der Waals surface area contributed by atoms with E-state index in [1.165, 1.54) is 0 Å². The molecular weight excluding hydrogens is 260 g/mol. The summed E-state index contributed by atoms with van der Waals surface area (Å²) in [5.41, 5.74) is 6.78. The highest BCUT2D eigenvalue weighted by molar-refractivity contribution is 7.98. The Hall–Kier alpha value is -1.69. The largest absolute Gasteiger partial charge is 0.366 e. The number of guanidine groups is 1. The second kappa shape index (κ2) is 8.42. The van der Waals surface area contributed by atoms with Gasteiger partial charge in [0.05, 0.1) is 0 Å². The van der Waals surface area contributed by atoms with Crippen LogP contribution in [0.3, 0.4) is 0 Å². The fraction of sp³-hybridized carbons (Fsp3) is 0.385. The van der Waals surface area contributed by atoms with Crippen LogP contribution in [0.5, 0.6) is 0 Å². The van der Waals surface area contributed by atoms with Crippen molar-refractivity contribution in [2.75, 3.05) is 25.6 Å². The van der Waals surface area contributed by atoms with E-state index in [0.717, 1.165) is 23.8 Å². The molecule has 0 heterocycles. The first-order chi connectivity index (χ1) is 9.17. The molecule has 0 aliphatic carbocycles. The molecule has 0 saturated heterocycles. The third kappa shape index (κ3) is 5.65. The number of carbonyl (C=O) groups is 1. The number of benzene rings is 1. The number of rotatable bonds is 6. The van der Waals surface area contributed by atoms with Crippen molar-refractivity contribution in [2.45, 2.75) is 6.54 Å². The van der Waals surface area contributed by atoms with Gasteiger partial charge in [-0.05, 0) is 24.0 Å². The summed E-state index contributed by atoms with van der Waals surface area (Å²) in [6, 6.07) is 7.21. The maximum Gasteiger partial charge on any atom is 0.248 e. The van der Waals surface area contributed by atoms with Crippen LogP contribution in [0.1, 0.15) is 15.9 Å². The molecule has 1 aromatic rings. The fourth-order valence-electron chi connectivity index (χ4n) is 1.46. The average Bonchev–Trinajstić information content (AvgIpc) is 2.43. The van der Waals surface area contributed by atoms with E-state index in [1.807, 2.05) is 12.1 Å². The zero-order valence-electron chi connectivity index (χ0n) is 11.3. The summed E-state index contributed by atoms with van der Waals surface area (Å²) >= 11 is 1.78. The average molecular weight is 280 g/mol. The van der Waals surface area contributed by atoms with E-state index in [1.54, 1.807) is 30.9 Å². The highest BCUT2D eigenvalue weighted by Crippen LogP contribution is 2.03. The third-order valence-corrected chi connectivity index (χ3v) is 3.13. The van der Waals surface area contributed by atoms with E-state index in [0.29, 0.717) is 12.1 Å². The number of nitrogens with one attached hydrogen (secondary N) is 2. The Balaban J connectivity index is 2.44. The van der Waals surface area contributed by atoms with Gasteiger partial charge in [0.1, 0.15) is 0 Å². The smallest absolute Gasteiger partial charge is 0.248 e. The molecule has 0 aliphatic rings. The van der Waals surface area contributed by atoms with Gasteiger partial charge < -0.3 is 16.4 Å². The summed E-state index contributed by atoms with van der Waals surface area (Å²) in [6.45, 7) is 1.53. The van der Waals surface area contributed by atoms with Crippen LogP contribution >= 0.6 is 11.8 Å². The minimum Gasteiger partial charge on any atom is -0.366 e. The van der Waals surface area contributed by atoms with Gasteiger partial charge in [-0.25, -0.2) is 0 Å². The zero-order valence-corrected chi connectivity index (χ0v) is 12.1.